The first-order valence-electron chi connectivity index (χ1n) is 13.2. The van der Waals surface area contributed by atoms with Crippen LogP contribution in [0.2, 0.25) is 0 Å². The standard InChI is InChI=1S/C27H36F2N4O4/c1-35-21-16-30-27(31-17-21)33-5-2-18(3-6-33)22-12-19(22)4-9-37-20-13-24(28)23(25(29)14-20)15-26(34)32-7-10-36-11-8-32/h13-14,16-19,22,26,34H,2-12,15H2,1H3/t19-,22-,26?/m1/s1. The minimum Gasteiger partial charge on any atom is -0.494 e. The van der Waals surface area contributed by atoms with Crippen molar-refractivity contribution in [3.05, 3.63) is 41.7 Å². The largest absolute Gasteiger partial charge is 0.494 e. The van der Waals surface area contributed by atoms with Gasteiger partial charge < -0.3 is 24.2 Å². The molecule has 2 saturated heterocycles. The molecule has 10 heteroatoms. The van der Waals surface area contributed by atoms with Crippen LogP contribution in [0.3, 0.4) is 0 Å². The van der Waals surface area contributed by atoms with E-state index in [1.54, 1.807) is 24.4 Å². The molecule has 0 bridgehead atoms. The van der Waals surface area contributed by atoms with E-state index in [2.05, 4.69) is 14.9 Å². The first-order valence-corrected chi connectivity index (χ1v) is 13.2. The van der Waals surface area contributed by atoms with Gasteiger partial charge in [-0.2, -0.15) is 0 Å². The van der Waals surface area contributed by atoms with Gasteiger partial charge in [-0.3, -0.25) is 4.90 Å². The number of halogens is 2. The molecule has 202 valence electrons. The molecule has 37 heavy (non-hydrogen) atoms. The highest BCUT2D eigenvalue weighted by atomic mass is 19.1. The third kappa shape index (κ3) is 6.48. The van der Waals surface area contributed by atoms with E-state index in [-0.39, 0.29) is 17.7 Å². The highest BCUT2D eigenvalue weighted by molar-refractivity contribution is 5.32. The smallest absolute Gasteiger partial charge is 0.225 e. The topological polar surface area (TPSA) is 80.2 Å². The van der Waals surface area contributed by atoms with Gasteiger partial charge in [-0.25, -0.2) is 18.7 Å². The van der Waals surface area contributed by atoms with Crippen molar-refractivity contribution < 1.29 is 28.1 Å². The summed E-state index contributed by atoms with van der Waals surface area (Å²) in [5.41, 5.74) is -0.111. The Morgan fingerprint density at radius 2 is 1.73 bits per heavy atom. The number of aromatic nitrogens is 2. The fourth-order valence-corrected chi connectivity index (χ4v) is 5.66. The van der Waals surface area contributed by atoms with Gasteiger partial charge in [0.15, 0.2) is 5.75 Å². The summed E-state index contributed by atoms with van der Waals surface area (Å²) in [5, 5.41) is 10.4. The minimum atomic E-state index is -0.943. The average molecular weight is 519 g/mol. The lowest BCUT2D eigenvalue weighted by Crippen LogP contribution is -2.44. The van der Waals surface area contributed by atoms with Gasteiger partial charge in [-0.1, -0.05) is 0 Å². The molecule has 0 radical (unpaired) electrons. The summed E-state index contributed by atoms with van der Waals surface area (Å²) in [6, 6.07) is 2.46. The molecule has 3 atom stereocenters. The van der Waals surface area contributed by atoms with Crippen molar-refractivity contribution in [1.29, 1.82) is 0 Å². The number of hydrogen-bond acceptors (Lipinski definition) is 8. The lowest BCUT2D eigenvalue weighted by Gasteiger charge is -2.32. The van der Waals surface area contributed by atoms with Crippen molar-refractivity contribution >= 4 is 5.95 Å². The summed E-state index contributed by atoms with van der Waals surface area (Å²) in [6.07, 6.45) is 6.66. The Morgan fingerprint density at radius 1 is 1.05 bits per heavy atom. The summed E-state index contributed by atoms with van der Waals surface area (Å²) < 4.78 is 45.4. The van der Waals surface area contributed by atoms with E-state index in [0.717, 1.165) is 38.3 Å². The van der Waals surface area contributed by atoms with E-state index in [4.69, 9.17) is 14.2 Å². The Balaban J connectivity index is 1.04. The first kappa shape index (κ1) is 26.1. The number of ether oxygens (including phenoxy) is 3. The van der Waals surface area contributed by atoms with Crippen LogP contribution in [0, 0.1) is 29.4 Å². The zero-order valence-corrected chi connectivity index (χ0v) is 21.3. The number of morpholine rings is 1. The molecule has 8 nitrogen and oxygen atoms in total. The third-order valence-corrected chi connectivity index (χ3v) is 7.98. The number of piperidine rings is 1. The van der Waals surface area contributed by atoms with Crippen molar-refractivity contribution in [2.45, 2.75) is 38.3 Å². The molecule has 2 aliphatic heterocycles. The highest BCUT2D eigenvalue weighted by Gasteiger charge is 2.43. The van der Waals surface area contributed by atoms with Gasteiger partial charge in [0.1, 0.15) is 23.6 Å². The molecule has 1 N–H and O–H groups in total. The lowest BCUT2D eigenvalue weighted by atomic mass is 9.90. The van der Waals surface area contributed by atoms with Crippen molar-refractivity contribution in [2.24, 2.45) is 17.8 Å². The zero-order valence-electron chi connectivity index (χ0n) is 21.3. The predicted molar refractivity (Wildman–Crippen MR) is 134 cm³/mol. The molecule has 0 spiro atoms. The van der Waals surface area contributed by atoms with Crippen molar-refractivity contribution in [2.75, 3.05) is 58.0 Å². The minimum absolute atomic E-state index is 0.106. The molecule has 1 aromatic heterocycles. The number of methoxy groups -OCH3 is 1. The number of anilines is 1. The van der Waals surface area contributed by atoms with Crippen LogP contribution in [0.25, 0.3) is 0 Å². The van der Waals surface area contributed by atoms with Crippen LogP contribution in [0.4, 0.5) is 14.7 Å². The predicted octanol–water partition coefficient (Wildman–Crippen LogP) is 3.28. The maximum atomic E-state index is 14.6. The second-order valence-electron chi connectivity index (χ2n) is 10.2. The fourth-order valence-electron chi connectivity index (χ4n) is 5.66. The first-order chi connectivity index (χ1) is 18.0. The van der Waals surface area contributed by atoms with Gasteiger partial charge in [-0.05, 0) is 43.4 Å². The van der Waals surface area contributed by atoms with Crippen LogP contribution in [0.1, 0.15) is 31.2 Å². The van der Waals surface area contributed by atoms with Gasteiger partial charge in [0.05, 0.1) is 39.3 Å². The van der Waals surface area contributed by atoms with Crippen LogP contribution in [-0.4, -0.2) is 79.3 Å². The number of aliphatic hydroxyl groups is 1. The van der Waals surface area contributed by atoms with Crippen molar-refractivity contribution in [1.82, 2.24) is 14.9 Å². The molecule has 3 heterocycles. The molecule has 1 aliphatic carbocycles. The van der Waals surface area contributed by atoms with E-state index in [1.807, 2.05) is 0 Å². The number of aliphatic hydroxyl groups excluding tert-OH is 1. The zero-order chi connectivity index (χ0) is 25.8. The molecule has 5 rings (SSSR count). The van der Waals surface area contributed by atoms with Gasteiger partial charge in [0.25, 0.3) is 0 Å². The van der Waals surface area contributed by atoms with Crippen LogP contribution < -0.4 is 14.4 Å². The van der Waals surface area contributed by atoms with Crippen molar-refractivity contribution in [3.63, 3.8) is 0 Å². The normalized spacial score (nSPS) is 23.6. The van der Waals surface area contributed by atoms with E-state index in [0.29, 0.717) is 56.4 Å². The number of nitrogens with zero attached hydrogens (tertiary/aromatic N) is 4. The van der Waals surface area contributed by atoms with Crippen molar-refractivity contribution in [3.8, 4) is 11.5 Å². The second-order valence-corrected chi connectivity index (χ2v) is 10.2. The van der Waals surface area contributed by atoms with Crippen LogP contribution in [0.15, 0.2) is 24.5 Å². The third-order valence-electron chi connectivity index (χ3n) is 7.98. The monoisotopic (exact) mass is 518 g/mol. The van der Waals surface area contributed by atoms with Crippen LogP contribution in [0.5, 0.6) is 11.5 Å². The van der Waals surface area contributed by atoms with Crippen LogP contribution in [-0.2, 0) is 11.2 Å². The van der Waals surface area contributed by atoms with E-state index < -0.39 is 17.9 Å². The summed E-state index contributed by atoms with van der Waals surface area (Å²) in [7, 11) is 1.61. The SMILES string of the molecule is COc1cnc(N2CCC([C@H]3C[C@H]3CCOc3cc(F)c(CC(O)N4CCOCC4)c(F)c3)CC2)nc1. The summed E-state index contributed by atoms with van der Waals surface area (Å²) in [5.74, 6) is 2.23. The molecule has 3 fully saturated rings. The Bertz CT molecular complexity index is 1010. The number of rotatable bonds is 10. The lowest BCUT2D eigenvalue weighted by molar-refractivity contribution is -0.0581. The molecular formula is C27H36F2N4O4. The molecule has 1 saturated carbocycles. The Kier molecular flexibility index (Phi) is 8.36. The average Bonchev–Trinajstić information content (AvgIpc) is 3.71. The highest BCUT2D eigenvalue weighted by Crippen LogP contribution is 2.49. The maximum absolute atomic E-state index is 14.6. The Labute approximate surface area is 216 Å². The molecule has 0 amide bonds. The number of benzene rings is 1. The van der Waals surface area contributed by atoms with Gasteiger partial charge >= 0.3 is 0 Å². The van der Waals surface area contributed by atoms with E-state index in [9.17, 15) is 13.9 Å². The maximum Gasteiger partial charge on any atom is 0.225 e. The quantitative estimate of drug-likeness (QED) is 0.514. The summed E-state index contributed by atoms with van der Waals surface area (Å²) in [4.78, 5) is 12.8. The molecular weight excluding hydrogens is 482 g/mol. The Hall–Kier alpha value is -2.56. The molecule has 3 aliphatic rings. The summed E-state index contributed by atoms with van der Waals surface area (Å²) >= 11 is 0. The van der Waals surface area contributed by atoms with Gasteiger partial charge in [-0.15, -0.1) is 0 Å². The molecule has 2 aromatic rings. The van der Waals surface area contributed by atoms with Gasteiger partial charge in [0, 0.05) is 50.3 Å². The number of hydrogen-bond donors (Lipinski definition) is 1. The molecule has 1 aromatic carbocycles. The van der Waals surface area contributed by atoms with E-state index >= 15 is 0 Å². The van der Waals surface area contributed by atoms with Crippen LogP contribution >= 0.6 is 0 Å². The Morgan fingerprint density at radius 3 is 2.38 bits per heavy atom. The van der Waals surface area contributed by atoms with Gasteiger partial charge in [0.2, 0.25) is 5.95 Å². The van der Waals surface area contributed by atoms with E-state index in [1.165, 1.54) is 18.6 Å². The molecule has 1 unspecified atom stereocenters. The second kappa shape index (κ2) is 11.9. The summed E-state index contributed by atoms with van der Waals surface area (Å²) in [6.45, 7) is 4.44. The fraction of sp³-hybridized carbons (Fsp3) is 0.630.